The van der Waals surface area contributed by atoms with Crippen molar-refractivity contribution < 1.29 is 9.53 Å². The van der Waals surface area contributed by atoms with Gasteiger partial charge in [0.15, 0.2) is 0 Å². The quantitative estimate of drug-likeness (QED) is 0.588. The zero-order chi connectivity index (χ0) is 18.6. The Morgan fingerprint density at radius 3 is 2.89 bits per heavy atom. The first-order chi connectivity index (χ1) is 13.2. The van der Waals surface area contributed by atoms with Crippen molar-refractivity contribution in [2.24, 2.45) is 0 Å². The van der Waals surface area contributed by atoms with Crippen molar-refractivity contribution in [1.29, 1.82) is 0 Å². The van der Waals surface area contributed by atoms with Gasteiger partial charge in [0, 0.05) is 24.2 Å². The van der Waals surface area contributed by atoms with Crippen LogP contribution in [-0.4, -0.2) is 20.3 Å². The van der Waals surface area contributed by atoms with Gasteiger partial charge >= 0.3 is 0 Å². The van der Waals surface area contributed by atoms with Gasteiger partial charge in [0.2, 0.25) is 0 Å². The van der Waals surface area contributed by atoms with Crippen molar-refractivity contribution in [3.63, 3.8) is 0 Å². The number of rotatable bonds is 5. The summed E-state index contributed by atoms with van der Waals surface area (Å²) in [6, 6.07) is 16.6. The summed E-state index contributed by atoms with van der Waals surface area (Å²) in [6.07, 6.45) is 5.58. The summed E-state index contributed by atoms with van der Waals surface area (Å²) in [5, 5.41) is 2.78. The topological polar surface area (TPSA) is 68.5 Å². The van der Waals surface area contributed by atoms with Crippen LogP contribution in [0, 0.1) is 6.92 Å². The first-order valence-electron chi connectivity index (χ1n) is 8.57. The molecule has 0 unspecified atom stereocenters. The van der Waals surface area contributed by atoms with Crippen molar-refractivity contribution >= 4 is 17.4 Å². The molecule has 6 heteroatoms. The zero-order valence-electron chi connectivity index (χ0n) is 14.8. The first kappa shape index (κ1) is 16.8. The number of aryl methyl sites for hydroxylation is 1. The molecule has 0 bridgehead atoms. The highest BCUT2D eigenvalue weighted by Gasteiger charge is 2.09. The number of nitrogens with one attached hydrogen (secondary N) is 1. The number of ether oxygens (including phenoxy) is 1. The van der Waals surface area contributed by atoms with Crippen molar-refractivity contribution in [3.05, 3.63) is 90.0 Å². The van der Waals surface area contributed by atoms with E-state index < -0.39 is 0 Å². The molecule has 0 fully saturated rings. The minimum atomic E-state index is -0.232. The summed E-state index contributed by atoms with van der Waals surface area (Å²) in [7, 11) is 0. The fourth-order valence-corrected chi connectivity index (χ4v) is 2.67. The number of fused-ring (bicyclic) bond motifs is 1. The molecule has 0 aliphatic rings. The Kier molecular flexibility index (Phi) is 4.53. The Hall–Kier alpha value is -3.67. The second kappa shape index (κ2) is 7.29. The van der Waals surface area contributed by atoms with Crippen LogP contribution in [0.3, 0.4) is 0 Å². The van der Waals surface area contributed by atoms with Crippen LogP contribution < -0.4 is 10.1 Å². The number of pyridine rings is 2. The third-order valence-corrected chi connectivity index (χ3v) is 4.05. The molecule has 0 saturated heterocycles. The summed E-state index contributed by atoms with van der Waals surface area (Å²) in [4.78, 5) is 21.1. The molecule has 0 spiro atoms. The van der Waals surface area contributed by atoms with Gasteiger partial charge in [-0.05, 0) is 48.9 Å². The third kappa shape index (κ3) is 3.95. The molecule has 1 aromatic carbocycles. The maximum atomic E-state index is 12.4. The minimum Gasteiger partial charge on any atom is -0.487 e. The molecule has 6 nitrogen and oxygen atoms in total. The SMILES string of the molecule is Cc1ccc(NC(=O)c2cccc(OCc3cn4ccccc4n3)c2)nc1. The Bertz CT molecular complexity index is 1050. The Morgan fingerprint density at radius 2 is 2.07 bits per heavy atom. The van der Waals surface area contributed by atoms with Crippen LogP contribution in [-0.2, 0) is 6.61 Å². The largest absolute Gasteiger partial charge is 0.487 e. The van der Waals surface area contributed by atoms with Crippen LogP contribution in [0.5, 0.6) is 5.75 Å². The van der Waals surface area contributed by atoms with Gasteiger partial charge in [-0.15, -0.1) is 0 Å². The lowest BCUT2D eigenvalue weighted by Gasteiger charge is -2.08. The van der Waals surface area contributed by atoms with Crippen LogP contribution >= 0.6 is 0 Å². The number of hydrogen-bond donors (Lipinski definition) is 1. The van der Waals surface area contributed by atoms with E-state index in [4.69, 9.17) is 4.74 Å². The lowest BCUT2D eigenvalue weighted by Crippen LogP contribution is -2.13. The highest BCUT2D eigenvalue weighted by atomic mass is 16.5. The van der Waals surface area contributed by atoms with E-state index in [0.717, 1.165) is 16.9 Å². The van der Waals surface area contributed by atoms with Gasteiger partial charge < -0.3 is 14.5 Å². The van der Waals surface area contributed by atoms with Gasteiger partial charge in [-0.1, -0.05) is 18.2 Å². The molecule has 0 radical (unpaired) electrons. The Labute approximate surface area is 156 Å². The summed E-state index contributed by atoms with van der Waals surface area (Å²) >= 11 is 0. The molecule has 0 aliphatic heterocycles. The number of nitrogens with zero attached hydrogens (tertiary/aromatic N) is 3. The lowest BCUT2D eigenvalue weighted by molar-refractivity contribution is 0.102. The second-order valence-corrected chi connectivity index (χ2v) is 6.19. The van der Waals surface area contributed by atoms with Gasteiger partial charge in [-0.3, -0.25) is 4.79 Å². The maximum absolute atomic E-state index is 12.4. The predicted octanol–water partition coefficient (Wildman–Crippen LogP) is 3.87. The molecular weight excluding hydrogens is 340 g/mol. The second-order valence-electron chi connectivity index (χ2n) is 6.19. The van der Waals surface area contributed by atoms with E-state index in [1.165, 1.54) is 0 Å². The number of hydrogen-bond acceptors (Lipinski definition) is 4. The van der Waals surface area contributed by atoms with Crippen LogP contribution in [0.4, 0.5) is 5.82 Å². The Balaban J connectivity index is 1.43. The van der Waals surface area contributed by atoms with Crippen molar-refractivity contribution in [1.82, 2.24) is 14.4 Å². The normalized spacial score (nSPS) is 10.7. The van der Waals surface area contributed by atoms with Gasteiger partial charge in [-0.2, -0.15) is 0 Å². The number of carbonyl (C=O) groups excluding carboxylic acids is 1. The summed E-state index contributed by atoms with van der Waals surface area (Å²) < 4.78 is 7.75. The minimum absolute atomic E-state index is 0.232. The lowest BCUT2D eigenvalue weighted by atomic mass is 10.2. The van der Waals surface area contributed by atoms with Gasteiger partial charge in [0.25, 0.3) is 5.91 Å². The van der Waals surface area contributed by atoms with Crippen molar-refractivity contribution in [3.8, 4) is 5.75 Å². The zero-order valence-corrected chi connectivity index (χ0v) is 14.8. The summed E-state index contributed by atoms with van der Waals surface area (Å²) in [5.74, 6) is 0.891. The van der Waals surface area contributed by atoms with Gasteiger partial charge in [0.05, 0.1) is 5.69 Å². The van der Waals surface area contributed by atoms with E-state index in [1.54, 1.807) is 30.5 Å². The van der Waals surface area contributed by atoms with Crippen LogP contribution in [0.1, 0.15) is 21.6 Å². The van der Waals surface area contributed by atoms with E-state index in [9.17, 15) is 4.79 Å². The summed E-state index contributed by atoms with van der Waals surface area (Å²) in [6.45, 7) is 2.27. The average molecular weight is 358 g/mol. The molecular formula is C21H18N4O2. The number of aromatic nitrogens is 3. The van der Waals surface area contributed by atoms with Crippen LogP contribution in [0.25, 0.3) is 5.65 Å². The molecule has 134 valence electrons. The molecule has 0 atom stereocenters. The van der Waals surface area contributed by atoms with E-state index in [0.29, 0.717) is 23.7 Å². The fraction of sp³-hybridized carbons (Fsp3) is 0.0952. The van der Waals surface area contributed by atoms with Gasteiger partial charge in [-0.25, -0.2) is 9.97 Å². The fourth-order valence-electron chi connectivity index (χ4n) is 2.67. The van der Waals surface area contributed by atoms with Crippen LogP contribution in [0.2, 0.25) is 0 Å². The average Bonchev–Trinajstić information content (AvgIpc) is 3.11. The smallest absolute Gasteiger partial charge is 0.256 e. The number of amides is 1. The molecule has 1 N–H and O–H groups in total. The predicted molar refractivity (Wildman–Crippen MR) is 103 cm³/mol. The van der Waals surface area contributed by atoms with Crippen molar-refractivity contribution in [2.75, 3.05) is 5.32 Å². The monoisotopic (exact) mass is 358 g/mol. The highest BCUT2D eigenvalue weighted by molar-refractivity contribution is 6.03. The number of imidazole rings is 1. The number of anilines is 1. The van der Waals surface area contributed by atoms with Crippen molar-refractivity contribution in [2.45, 2.75) is 13.5 Å². The third-order valence-electron chi connectivity index (χ3n) is 4.05. The standard InChI is InChI=1S/C21H18N4O2/c1-15-8-9-19(22-12-15)24-21(26)16-5-4-6-18(11-16)27-14-17-13-25-10-3-2-7-20(25)23-17/h2-13H,14H2,1H3,(H,22,24,26). The van der Waals surface area contributed by atoms with E-state index in [1.807, 2.05) is 54.0 Å². The molecule has 3 aromatic heterocycles. The molecule has 27 heavy (non-hydrogen) atoms. The highest BCUT2D eigenvalue weighted by Crippen LogP contribution is 2.17. The van der Waals surface area contributed by atoms with E-state index >= 15 is 0 Å². The maximum Gasteiger partial charge on any atom is 0.256 e. The summed E-state index contributed by atoms with van der Waals surface area (Å²) in [5.41, 5.74) is 3.23. The number of carbonyl (C=O) groups is 1. The Morgan fingerprint density at radius 1 is 1.15 bits per heavy atom. The molecule has 0 saturated carbocycles. The van der Waals surface area contributed by atoms with E-state index in [2.05, 4.69) is 15.3 Å². The van der Waals surface area contributed by atoms with Crippen LogP contribution in [0.15, 0.2) is 73.2 Å². The molecule has 1 amide bonds. The molecule has 4 aromatic rings. The molecule has 4 rings (SSSR count). The molecule has 0 aliphatic carbocycles. The number of benzene rings is 1. The molecule has 3 heterocycles. The first-order valence-corrected chi connectivity index (χ1v) is 8.57. The van der Waals surface area contributed by atoms with E-state index in [-0.39, 0.29) is 5.91 Å². The van der Waals surface area contributed by atoms with Gasteiger partial charge in [0.1, 0.15) is 23.8 Å².